The Morgan fingerprint density at radius 2 is 2.28 bits per heavy atom. The molecule has 3 rings (SSSR count). The van der Waals surface area contributed by atoms with Gasteiger partial charge in [0.2, 0.25) is 0 Å². The van der Waals surface area contributed by atoms with E-state index in [-0.39, 0.29) is 5.82 Å². The number of H-pyrrole nitrogens is 1. The molecule has 18 heavy (non-hydrogen) atoms. The van der Waals surface area contributed by atoms with E-state index in [1.165, 1.54) is 18.9 Å². The molecule has 0 saturated heterocycles. The van der Waals surface area contributed by atoms with Crippen LogP contribution in [0.5, 0.6) is 0 Å². The Bertz CT molecular complexity index is 624. The van der Waals surface area contributed by atoms with Crippen LogP contribution < -0.4 is 0 Å². The third kappa shape index (κ3) is 1.99. The molecule has 1 saturated carbocycles. The summed E-state index contributed by atoms with van der Waals surface area (Å²) in [4.78, 5) is 3.01. The molecule has 1 fully saturated rings. The summed E-state index contributed by atoms with van der Waals surface area (Å²) in [6, 6.07) is 5.56. The lowest BCUT2D eigenvalue weighted by Gasteiger charge is -2.17. The quantitative estimate of drug-likeness (QED) is 0.801. The molecule has 4 heteroatoms. The summed E-state index contributed by atoms with van der Waals surface area (Å²) < 4.78 is 16.5. The van der Waals surface area contributed by atoms with Gasteiger partial charge in [0.1, 0.15) is 11.3 Å². The molecule has 0 amide bonds. The van der Waals surface area contributed by atoms with Gasteiger partial charge < -0.3 is 9.55 Å². The number of para-hydroxylation sites is 1. The Morgan fingerprint density at radius 3 is 2.94 bits per heavy atom. The van der Waals surface area contributed by atoms with E-state index in [4.69, 9.17) is 12.2 Å². The Kier molecular flexibility index (Phi) is 2.98. The number of benzene rings is 1. The predicted molar refractivity (Wildman–Crippen MR) is 73.7 cm³/mol. The fraction of sp³-hybridized carbons (Fsp3) is 0.500. The largest absolute Gasteiger partial charge is 0.328 e. The normalized spacial score (nSPS) is 17.2. The van der Waals surface area contributed by atoms with Crippen LogP contribution in [0.2, 0.25) is 0 Å². The minimum absolute atomic E-state index is 0.223. The molecule has 2 nitrogen and oxygen atoms in total. The van der Waals surface area contributed by atoms with E-state index in [0.29, 0.717) is 16.3 Å². The number of hydrogen-bond acceptors (Lipinski definition) is 1. The smallest absolute Gasteiger partial charge is 0.178 e. The maximum absolute atomic E-state index is 13.7. The topological polar surface area (TPSA) is 20.7 Å². The average molecular weight is 264 g/mol. The van der Waals surface area contributed by atoms with Crippen LogP contribution in [0.1, 0.15) is 38.6 Å². The highest BCUT2D eigenvalue weighted by atomic mass is 32.1. The fourth-order valence-corrected chi connectivity index (χ4v) is 3.02. The second kappa shape index (κ2) is 4.50. The first-order chi connectivity index (χ1) is 8.70. The number of aromatic amines is 1. The molecule has 96 valence electrons. The maximum atomic E-state index is 13.7. The summed E-state index contributed by atoms with van der Waals surface area (Å²) in [5.41, 5.74) is 1.43. The molecule has 1 aromatic carbocycles. The minimum Gasteiger partial charge on any atom is -0.328 e. The minimum atomic E-state index is -0.223. The highest BCUT2D eigenvalue weighted by Crippen LogP contribution is 2.39. The Balaban J connectivity index is 2.11. The van der Waals surface area contributed by atoms with Crippen molar-refractivity contribution in [2.75, 3.05) is 0 Å². The zero-order chi connectivity index (χ0) is 12.7. The molecule has 0 bridgehead atoms. The van der Waals surface area contributed by atoms with E-state index in [9.17, 15) is 4.39 Å². The molecule has 2 aromatic rings. The first-order valence-corrected chi connectivity index (χ1v) is 7.00. The number of nitrogens with one attached hydrogen (secondary N) is 1. The third-order valence-corrected chi connectivity index (χ3v) is 4.14. The van der Waals surface area contributed by atoms with Gasteiger partial charge in [-0.25, -0.2) is 4.39 Å². The molecule has 1 heterocycles. The second-order valence-corrected chi connectivity index (χ2v) is 5.56. The first-order valence-electron chi connectivity index (χ1n) is 6.59. The van der Waals surface area contributed by atoms with Gasteiger partial charge in [-0.15, -0.1) is 0 Å². The van der Waals surface area contributed by atoms with Crippen molar-refractivity contribution in [1.82, 2.24) is 9.55 Å². The lowest BCUT2D eigenvalue weighted by molar-refractivity contribution is 0.434. The van der Waals surface area contributed by atoms with Gasteiger partial charge >= 0.3 is 0 Å². The summed E-state index contributed by atoms with van der Waals surface area (Å²) in [6.07, 6.45) is 4.86. The molecule has 1 aliphatic rings. The number of nitrogens with zero attached hydrogens (tertiary/aromatic N) is 1. The van der Waals surface area contributed by atoms with Gasteiger partial charge in [-0.1, -0.05) is 25.8 Å². The summed E-state index contributed by atoms with van der Waals surface area (Å²) >= 11 is 5.37. The second-order valence-electron chi connectivity index (χ2n) is 5.18. The standard InChI is InChI=1S/C14H17FN2S/c1-2-10(8-9-6-7-9)17-12-5-3-4-11(15)13(12)16-14(17)18/h3-5,9-10H,2,6-8H2,1H3,(H,16,18). The van der Waals surface area contributed by atoms with Gasteiger partial charge in [0, 0.05) is 6.04 Å². The van der Waals surface area contributed by atoms with Crippen molar-refractivity contribution >= 4 is 23.3 Å². The van der Waals surface area contributed by atoms with Crippen LogP contribution in [0.4, 0.5) is 4.39 Å². The van der Waals surface area contributed by atoms with Crippen molar-refractivity contribution in [1.29, 1.82) is 0 Å². The maximum Gasteiger partial charge on any atom is 0.178 e. The molecule has 1 aromatic heterocycles. The highest BCUT2D eigenvalue weighted by Gasteiger charge is 2.26. The predicted octanol–water partition coefficient (Wildman–Crippen LogP) is 4.59. The number of rotatable bonds is 4. The lowest BCUT2D eigenvalue weighted by atomic mass is 10.1. The highest BCUT2D eigenvalue weighted by molar-refractivity contribution is 7.71. The molecule has 1 N–H and O–H groups in total. The van der Waals surface area contributed by atoms with E-state index < -0.39 is 0 Å². The summed E-state index contributed by atoms with van der Waals surface area (Å²) in [6.45, 7) is 2.17. The molecule has 0 aliphatic heterocycles. The first kappa shape index (κ1) is 11.9. The third-order valence-electron chi connectivity index (χ3n) is 3.84. The zero-order valence-electron chi connectivity index (χ0n) is 10.4. The van der Waals surface area contributed by atoms with E-state index in [1.807, 2.05) is 6.07 Å². The van der Waals surface area contributed by atoms with Crippen LogP contribution in [0.15, 0.2) is 18.2 Å². The lowest BCUT2D eigenvalue weighted by Crippen LogP contribution is -2.09. The molecule has 0 radical (unpaired) electrons. The molecular formula is C14H17FN2S. The Labute approximate surface area is 111 Å². The van der Waals surface area contributed by atoms with Gasteiger partial charge in [-0.2, -0.15) is 0 Å². The van der Waals surface area contributed by atoms with Crippen molar-refractivity contribution in [2.45, 2.75) is 38.6 Å². The molecule has 1 aliphatic carbocycles. The monoisotopic (exact) mass is 264 g/mol. The van der Waals surface area contributed by atoms with Crippen molar-refractivity contribution < 1.29 is 4.39 Å². The van der Waals surface area contributed by atoms with Crippen LogP contribution >= 0.6 is 12.2 Å². The van der Waals surface area contributed by atoms with Crippen LogP contribution in [0, 0.1) is 16.5 Å². The number of hydrogen-bond donors (Lipinski definition) is 1. The van der Waals surface area contributed by atoms with E-state index in [0.717, 1.165) is 24.3 Å². The van der Waals surface area contributed by atoms with Gasteiger partial charge in [0.05, 0.1) is 5.52 Å². The van der Waals surface area contributed by atoms with Crippen LogP contribution in [0.25, 0.3) is 11.0 Å². The van der Waals surface area contributed by atoms with Crippen molar-refractivity contribution in [2.24, 2.45) is 5.92 Å². The number of fused-ring (bicyclic) bond motifs is 1. The molecule has 1 unspecified atom stereocenters. The number of aromatic nitrogens is 2. The molecular weight excluding hydrogens is 247 g/mol. The summed E-state index contributed by atoms with van der Waals surface area (Å²) in [7, 11) is 0. The van der Waals surface area contributed by atoms with E-state index >= 15 is 0 Å². The van der Waals surface area contributed by atoms with Crippen LogP contribution in [-0.4, -0.2) is 9.55 Å². The average Bonchev–Trinajstić information content (AvgIpc) is 3.10. The molecule has 1 atom stereocenters. The Morgan fingerprint density at radius 1 is 1.50 bits per heavy atom. The zero-order valence-corrected chi connectivity index (χ0v) is 11.3. The van der Waals surface area contributed by atoms with Gasteiger partial charge in [0.15, 0.2) is 4.77 Å². The van der Waals surface area contributed by atoms with Crippen LogP contribution in [0.3, 0.4) is 0 Å². The van der Waals surface area contributed by atoms with Crippen LogP contribution in [-0.2, 0) is 0 Å². The Hall–Kier alpha value is -1.16. The summed E-state index contributed by atoms with van der Waals surface area (Å²) in [5.74, 6) is 0.619. The van der Waals surface area contributed by atoms with Gasteiger partial charge in [-0.3, -0.25) is 0 Å². The fourth-order valence-electron chi connectivity index (χ4n) is 2.67. The summed E-state index contributed by atoms with van der Waals surface area (Å²) in [5, 5.41) is 0. The molecule has 0 spiro atoms. The van der Waals surface area contributed by atoms with E-state index in [2.05, 4.69) is 16.5 Å². The van der Waals surface area contributed by atoms with Gasteiger partial charge in [-0.05, 0) is 43.1 Å². The van der Waals surface area contributed by atoms with Crippen molar-refractivity contribution in [3.05, 3.63) is 28.8 Å². The number of imidazole rings is 1. The number of halogens is 1. The van der Waals surface area contributed by atoms with Gasteiger partial charge in [0.25, 0.3) is 0 Å². The SMILES string of the molecule is CCC(CC1CC1)n1c(=S)[nH]c2c(F)cccc21. The van der Waals surface area contributed by atoms with E-state index in [1.54, 1.807) is 6.07 Å². The van der Waals surface area contributed by atoms with Crippen molar-refractivity contribution in [3.63, 3.8) is 0 Å². The van der Waals surface area contributed by atoms with Crippen molar-refractivity contribution in [3.8, 4) is 0 Å².